The molecular weight excluding hydrogens is 220 g/mol. The van der Waals surface area contributed by atoms with Crippen molar-refractivity contribution in [1.82, 2.24) is 0 Å². The standard InChI is InChI=1S/C10H11F2NO3/c1-16-7-4-2-6(3-5-7)8(13)10(11,12)9(14)15/h2-5,8H,13H2,1H3,(H,14,15)/t8-/m0/s1. The fourth-order valence-electron chi connectivity index (χ4n) is 1.15. The molecule has 1 rings (SSSR count). The Morgan fingerprint density at radius 2 is 1.94 bits per heavy atom. The number of ether oxygens (including phenoxy) is 1. The number of hydrogen-bond donors (Lipinski definition) is 2. The van der Waals surface area contributed by atoms with Crippen LogP contribution < -0.4 is 10.5 Å². The maximum atomic E-state index is 13.1. The number of methoxy groups -OCH3 is 1. The molecule has 3 N–H and O–H groups in total. The highest BCUT2D eigenvalue weighted by Crippen LogP contribution is 2.30. The lowest BCUT2D eigenvalue weighted by Crippen LogP contribution is -2.40. The zero-order chi connectivity index (χ0) is 12.3. The SMILES string of the molecule is COc1ccc([C@H](N)C(F)(F)C(=O)O)cc1. The maximum Gasteiger partial charge on any atom is 0.376 e. The molecule has 0 heterocycles. The second-order valence-corrected chi connectivity index (χ2v) is 3.18. The summed E-state index contributed by atoms with van der Waals surface area (Å²) < 4.78 is 30.9. The van der Waals surface area contributed by atoms with Crippen LogP contribution in [0.5, 0.6) is 5.75 Å². The second-order valence-electron chi connectivity index (χ2n) is 3.18. The van der Waals surface area contributed by atoms with Gasteiger partial charge in [0.1, 0.15) is 11.8 Å². The van der Waals surface area contributed by atoms with Crippen LogP contribution in [0.1, 0.15) is 11.6 Å². The van der Waals surface area contributed by atoms with E-state index in [1.807, 2.05) is 0 Å². The molecule has 0 saturated heterocycles. The summed E-state index contributed by atoms with van der Waals surface area (Å²) in [6.07, 6.45) is 0. The van der Waals surface area contributed by atoms with Crippen LogP contribution >= 0.6 is 0 Å². The van der Waals surface area contributed by atoms with Crippen molar-refractivity contribution in [3.63, 3.8) is 0 Å². The van der Waals surface area contributed by atoms with E-state index < -0.39 is 17.9 Å². The van der Waals surface area contributed by atoms with Gasteiger partial charge in [-0.2, -0.15) is 8.78 Å². The molecule has 1 aromatic carbocycles. The van der Waals surface area contributed by atoms with Crippen molar-refractivity contribution in [3.8, 4) is 5.75 Å². The summed E-state index contributed by atoms with van der Waals surface area (Å²) >= 11 is 0. The lowest BCUT2D eigenvalue weighted by Gasteiger charge is -2.19. The van der Waals surface area contributed by atoms with Crippen molar-refractivity contribution in [2.45, 2.75) is 12.0 Å². The van der Waals surface area contributed by atoms with E-state index >= 15 is 0 Å². The number of carboxylic acid groups (broad SMARTS) is 1. The van der Waals surface area contributed by atoms with Crippen LogP contribution in [0.25, 0.3) is 0 Å². The molecular formula is C10H11F2NO3. The van der Waals surface area contributed by atoms with Crippen LogP contribution in [0.3, 0.4) is 0 Å². The van der Waals surface area contributed by atoms with Gasteiger partial charge in [0.05, 0.1) is 7.11 Å². The van der Waals surface area contributed by atoms with Crippen LogP contribution in [-0.4, -0.2) is 24.1 Å². The smallest absolute Gasteiger partial charge is 0.376 e. The fourth-order valence-corrected chi connectivity index (χ4v) is 1.15. The highest BCUT2D eigenvalue weighted by atomic mass is 19.3. The van der Waals surface area contributed by atoms with E-state index in [0.29, 0.717) is 5.75 Å². The van der Waals surface area contributed by atoms with Gasteiger partial charge in [0, 0.05) is 0 Å². The Labute approximate surface area is 90.6 Å². The summed E-state index contributed by atoms with van der Waals surface area (Å²) in [5.41, 5.74) is 5.23. The Morgan fingerprint density at radius 3 is 2.31 bits per heavy atom. The highest BCUT2D eigenvalue weighted by molar-refractivity contribution is 5.76. The van der Waals surface area contributed by atoms with E-state index in [0.717, 1.165) is 0 Å². The first-order valence-electron chi connectivity index (χ1n) is 4.40. The normalized spacial score (nSPS) is 13.2. The molecule has 0 saturated carbocycles. The number of alkyl halides is 2. The van der Waals surface area contributed by atoms with E-state index in [2.05, 4.69) is 0 Å². The molecule has 0 unspecified atom stereocenters. The van der Waals surface area contributed by atoms with Crippen LogP contribution in [0.15, 0.2) is 24.3 Å². The summed E-state index contributed by atoms with van der Waals surface area (Å²) in [4.78, 5) is 10.3. The van der Waals surface area contributed by atoms with E-state index in [1.165, 1.54) is 31.4 Å². The average molecular weight is 231 g/mol. The van der Waals surface area contributed by atoms with Crippen molar-refractivity contribution in [1.29, 1.82) is 0 Å². The molecule has 0 aliphatic carbocycles. The summed E-state index contributed by atoms with van der Waals surface area (Å²) in [5.74, 6) is -5.75. The molecule has 0 amide bonds. The predicted octanol–water partition coefficient (Wildman–Crippen LogP) is 1.41. The minimum atomic E-state index is -3.99. The molecule has 88 valence electrons. The molecule has 0 spiro atoms. The maximum absolute atomic E-state index is 13.1. The third-order valence-corrected chi connectivity index (χ3v) is 2.15. The van der Waals surface area contributed by atoms with Crippen molar-refractivity contribution >= 4 is 5.97 Å². The third kappa shape index (κ3) is 2.27. The van der Waals surface area contributed by atoms with Crippen molar-refractivity contribution in [2.24, 2.45) is 5.73 Å². The molecule has 16 heavy (non-hydrogen) atoms. The number of carbonyl (C=O) groups is 1. The molecule has 0 fully saturated rings. The molecule has 0 aliphatic heterocycles. The zero-order valence-electron chi connectivity index (χ0n) is 8.48. The zero-order valence-corrected chi connectivity index (χ0v) is 8.48. The quantitative estimate of drug-likeness (QED) is 0.821. The Bertz CT molecular complexity index is 378. The first-order valence-corrected chi connectivity index (χ1v) is 4.40. The first kappa shape index (κ1) is 12.4. The van der Waals surface area contributed by atoms with Gasteiger partial charge < -0.3 is 15.6 Å². The number of halogens is 2. The average Bonchev–Trinajstić information content (AvgIpc) is 2.28. The van der Waals surface area contributed by atoms with Crippen LogP contribution in [0, 0.1) is 0 Å². The monoisotopic (exact) mass is 231 g/mol. The van der Waals surface area contributed by atoms with Crippen LogP contribution in [0.4, 0.5) is 8.78 Å². The van der Waals surface area contributed by atoms with Crippen LogP contribution in [0.2, 0.25) is 0 Å². The van der Waals surface area contributed by atoms with Gasteiger partial charge in [0.25, 0.3) is 0 Å². The van der Waals surface area contributed by atoms with Crippen LogP contribution in [-0.2, 0) is 4.79 Å². The second kappa shape index (κ2) is 4.44. The van der Waals surface area contributed by atoms with Gasteiger partial charge in [-0.1, -0.05) is 12.1 Å². The predicted molar refractivity (Wildman–Crippen MR) is 52.5 cm³/mol. The van der Waals surface area contributed by atoms with Gasteiger partial charge in [-0.3, -0.25) is 0 Å². The molecule has 0 bridgehead atoms. The van der Waals surface area contributed by atoms with Gasteiger partial charge in [-0.05, 0) is 17.7 Å². The van der Waals surface area contributed by atoms with E-state index in [4.69, 9.17) is 15.6 Å². The Morgan fingerprint density at radius 1 is 1.44 bits per heavy atom. The summed E-state index contributed by atoms with van der Waals surface area (Å²) in [7, 11) is 1.43. The van der Waals surface area contributed by atoms with E-state index in [1.54, 1.807) is 0 Å². The molecule has 4 nitrogen and oxygen atoms in total. The number of carboxylic acids is 1. The number of nitrogens with two attached hydrogens (primary N) is 1. The third-order valence-electron chi connectivity index (χ3n) is 2.15. The molecule has 0 aromatic heterocycles. The molecule has 0 radical (unpaired) electrons. The minimum absolute atomic E-state index is 0.0354. The molecule has 0 aliphatic rings. The van der Waals surface area contributed by atoms with E-state index in [9.17, 15) is 13.6 Å². The lowest BCUT2D eigenvalue weighted by atomic mass is 10.0. The Kier molecular flexibility index (Phi) is 3.44. The lowest BCUT2D eigenvalue weighted by molar-refractivity contribution is -0.168. The Balaban J connectivity index is 2.96. The number of benzene rings is 1. The minimum Gasteiger partial charge on any atom is -0.497 e. The van der Waals surface area contributed by atoms with Gasteiger partial charge in [-0.25, -0.2) is 4.79 Å². The van der Waals surface area contributed by atoms with E-state index in [-0.39, 0.29) is 5.56 Å². The number of hydrogen-bond acceptors (Lipinski definition) is 3. The van der Waals surface area contributed by atoms with Gasteiger partial charge in [0.15, 0.2) is 0 Å². The topological polar surface area (TPSA) is 72.5 Å². The fraction of sp³-hybridized carbons (Fsp3) is 0.300. The van der Waals surface area contributed by atoms with Crippen molar-refractivity contribution in [2.75, 3.05) is 7.11 Å². The summed E-state index contributed by atoms with van der Waals surface area (Å²) in [6.45, 7) is 0. The van der Waals surface area contributed by atoms with Crippen molar-refractivity contribution < 1.29 is 23.4 Å². The van der Waals surface area contributed by atoms with Gasteiger partial charge >= 0.3 is 11.9 Å². The molecule has 1 aromatic rings. The summed E-state index contributed by atoms with van der Waals surface area (Å²) in [5, 5.41) is 8.32. The molecule has 1 atom stereocenters. The first-order chi connectivity index (χ1) is 7.39. The van der Waals surface area contributed by atoms with Gasteiger partial charge in [0.2, 0.25) is 0 Å². The van der Waals surface area contributed by atoms with Gasteiger partial charge in [-0.15, -0.1) is 0 Å². The number of rotatable bonds is 4. The van der Waals surface area contributed by atoms with Crippen molar-refractivity contribution in [3.05, 3.63) is 29.8 Å². The summed E-state index contributed by atoms with van der Waals surface area (Å²) in [6, 6.07) is 3.61. The molecule has 6 heteroatoms. The Hall–Kier alpha value is -1.69. The largest absolute Gasteiger partial charge is 0.497 e. The number of aliphatic carboxylic acids is 1. The highest BCUT2D eigenvalue weighted by Gasteiger charge is 2.46.